The van der Waals surface area contributed by atoms with Crippen LogP contribution in [0.1, 0.15) is 25.7 Å². The summed E-state index contributed by atoms with van der Waals surface area (Å²) in [5.41, 5.74) is 0. The molecule has 1 N–H and O–H groups in total. The van der Waals surface area contributed by atoms with Crippen LogP contribution in [0.3, 0.4) is 0 Å². The van der Waals surface area contributed by atoms with E-state index >= 15 is 0 Å². The average Bonchev–Trinajstić information content (AvgIpc) is 2.39. The van der Waals surface area contributed by atoms with Gasteiger partial charge in [0.2, 0.25) is 0 Å². The summed E-state index contributed by atoms with van der Waals surface area (Å²) in [5, 5.41) is 3.36. The number of nitrogens with zero attached hydrogens (tertiary/aromatic N) is 3. The Labute approximate surface area is 97.1 Å². The highest BCUT2D eigenvalue weighted by Gasteiger charge is 2.23. The quantitative estimate of drug-likeness (QED) is 0.837. The minimum Gasteiger partial charge on any atom is -0.357 e. The fourth-order valence-electron chi connectivity index (χ4n) is 2.43. The molecule has 4 heteroatoms. The van der Waals surface area contributed by atoms with Gasteiger partial charge in [0.1, 0.15) is 12.1 Å². The van der Waals surface area contributed by atoms with Gasteiger partial charge in [-0.1, -0.05) is 0 Å². The van der Waals surface area contributed by atoms with Crippen molar-refractivity contribution in [1.82, 2.24) is 15.3 Å². The van der Waals surface area contributed by atoms with Gasteiger partial charge in [0.25, 0.3) is 0 Å². The molecule has 0 atom stereocenters. The van der Waals surface area contributed by atoms with Gasteiger partial charge in [0, 0.05) is 25.3 Å². The Bertz CT molecular complexity index is 306. The van der Waals surface area contributed by atoms with Gasteiger partial charge in [-0.05, 0) is 38.8 Å². The Balaban J connectivity index is 1.94. The zero-order valence-corrected chi connectivity index (χ0v) is 10.1. The summed E-state index contributed by atoms with van der Waals surface area (Å²) in [5.74, 6) is 1.03. The second-order valence-electron chi connectivity index (χ2n) is 4.47. The summed E-state index contributed by atoms with van der Waals surface area (Å²) in [7, 11) is 4.19. The molecule has 2 rings (SSSR count). The zero-order chi connectivity index (χ0) is 11.4. The van der Waals surface area contributed by atoms with Crippen LogP contribution < -0.4 is 10.2 Å². The summed E-state index contributed by atoms with van der Waals surface area (Å²) in [4.78, 5) is 10.5. The van der Waals surface area contributed by atoms with Crippen LogP contribution in [0.2, 0.25) is 0 Å². The number of aromatic nitrogens is 2. The lowest BCUT2D eigenvalue weighted by molar-refractivity contribution is 0.350. The minimum atomic E-state index is 0.625. The standard InChI is InChI=1S/C12H20N4/c1-13-10-3-5-11(6-4-10)16(2)12-7-8-14-9-15-12/h7-11,13H,3-6H2,1-2H3. The molecule has 1 saturated carbocycles. The van der Waals surface area contributed by atoms with Crippen molar-refractivity contribution in [3.63, 3.8) is 0 Å². The average molecular weight is 220 g/mol. The fourth-order valence-corrected chi connectivity index (χ4v) is 2.43. The molecule has 0 aromatic carbocycles. The number of hydrogen-bond donors (Lipinski definition) is 1. The van der Waals surface area contributed by atoms with E-state index in [4.69, 9.17) is 0 Å². The van der Waals surface area contributed by atoms with Gasteiger partial charge in [-0.3, -0.25) is 0 Å². The third kappa shape index (κ3) is 2.50. The minimum absolute atomic E-state index is 0.625. The van der Waals surface area contributed by atoms with Crippen LogP contribution in [0.4, 0.5) is 5.82 Å². The van der Waals surface area contributed by atoms with Gasteiger partial charge >= 0.3 is 0 Å². The van der Waals surface area contributed by atoms with Crippen LogP contribution >= 0.6 is 0 Å². The molecule has 0 spiro atoms. The summed E-state index contributed by atoms with van der Waals surface area (Å²) >= 11 is 0. The summed E-state index contributed by atoms with van der Waals surface area (Å²) in [6.07, 6.45) is 8.42. The molecule has 0 unspecified atom stereocenters. The number of nitrogens with one attached hydrogen (secondary N) is 1. The molecule has 0 amide bonds. The highest BCUT2D eigenvalue weighted by molar-refractivity contribution is 5.36. The SMILES string of the molecule is CNC1CCC(N(C)c2ccncn2)CC1. The molecule has 0 aliphatic heterocycles. The van der Waals surface area contributed by atoms with Crippen LogP contribution in [0.5, 0.6) is 0 Å². The van der Waals surface area contributed by atoms with E-state index in [0.717, 1.165) is 5.82 Å². The molecule has 88 valence electrons. The van der Waals surface area contributed by atoms with Crippen molar-refractivity contribution in [2.24, 2.45) is 0 Å². The lowest BCUT2D eigenvalue weighted by Gasteiger charge is -2.35. The summed E-state index contributed by atoms with van der Waals surface area (Å²) in [6.45, 7) is 0. The lowest BCUT2D eigenvalue weighted by atomic mass is 9.90. The fraction of sp³-hybridized carbons (Fsp3) is 0.667. The van der Waals surface area contributed by atoms with Crippen molar-refractivity contribution in [1.29, 1.82) is 0 Å². The lowest BCUT2D eigenvalue weighted by Crippen LogP contribution is -2.40. The first kappa shape index (κ1) is 11.3. The van der Waals surface area contributed by atoms with Gasteiger partial charge < -0.3 is 10.2 Å². The van der Waals surface area contributed by atoms with Crippen molar-refractivity contribution in [2.45, 2.75) is 37.8 Å². The Morgan fingerprint density at radius 2 is 2.06 bits per heavy atom. The maximum atomic E-state index is 4.29. The first-order valence-electron chi connectivity index (χ1n) is 5.97. The van der Waals surface area contributed by atoms with Crippen molar-refractivity contribution in [3.8, 4) is 0 Å². The van der Waals surface area contributed by atoms with Gasteiger partial charge in [0.15, 0.2) is 0 Å². The Kier molecular flexibility index (Phi) is 3.72. The van der Waals surface area contributed by atoms with Gasteiger partial charge in [-0.15, -0.1) is 0 Å². The largest absolute Gasteiger partial charge is 0.357 e. The van der Waals surface area contributed by atoms with E-state index in [0.29, 0.717) is 12.1 Å². The van der Waals surface area contributed by atoms with Crippen LogP contribution in [0.15, 0.2) is 18.6 Å². The molecule has 0 bridgehead atoms. The van der Waals surface area contributed by atoms with E-state index in [1.165, 1.54) is 25.7 Å². The van der Waals surface area contributed by atoms with Gasteiger partial charge in [0.05, 0.1) is 0 Å². The molecule has 1 aliphatic rings. The van der Waals surface area contributed by atoms with Gasteiger partial charge in [-0.25, -0.2) is 9.97 Å². The van der Waals surface area contributed by atoms with Crippen molar-refractivity contribution in [2.75, 3.05) is 19.0 Å². The first-order chi connectivity index (χ1) is 7.81. The summed E-state index contributed by atoms with van der Waals surface area (Å²) < 4.78 is 0. The molecular weight excluding hydrogens is 200 g/mol. The van der Waals surface area contributed by atoms with E-state index in [-0.39, 0.29) is 0 Å². The molecule has 0 radical (unpaired) electrons. The predicted octanol–water partition coefficient (Wildman–Crippen LogP) is 1.44. The third-order valence-corrected chi connectivity index (χ3v) is 3.58. The Morgan fingerprint density at radius 3 is 2.62 bits per heavy atom. The molecule has 1 aromatic heterocycles. The second kappa shape index (κ2) is 5.25. The number of hydrogen-bond acceptors (Lipinski definition) is 4. The van der Waals surface area contributed by atoms with Crippen molar-refractivity contribution in [3.05, 3.63) is 18.6 Å². The maximum absolute atomic E-state index is 4.29. The van der Waals surface area contributed by atoms with E-state index in [2.05, 4.69) is 34.3 Å². The molecule has 1 heterocycles. The number of rotatable bonds is 3. The predicted molar refractivity (Wildman–Crippen MR) is 65.5 cm³/mol. The molecular formula is C12H20N4. The Hall–Kier alpha value is -1.16. The summed E-state index contributed by atoms with van der Waals surface area (Å²) in [6, 6.07) is 3.30. The molecule has 4 nitrogen and oxygen atoms in total. The normalized spacial score (nSPS) is 25.4. The zero-order valence-electron chi connectivity index (χ0n) is 10.1. The van der Waals surface area contributed by atoms with E-state index < -0.39 is 0 Å². The molecule has 1 aliphatic carbocycles. The molecule has 16 heavy (non-hydrogen) atoms. The second-order valence-corrected chi connectivity index (χ2v) is 4.47. The van der Waals surface area contributed by atoms with Crippen LogP contribution in [-0.4, -0.2) is 36.1 Å². The molecule has 1 fully saturated rings. The first-order valence-corrected chi connectivity index (χ1v) is 5.97. The highest BCUT2D eigenvalue weighted by atomic mass is 15.2. The van der Waals surface area contributed by atoms with Crippen LogP contribution in [0, 0.1) is 0 Å². The Morgan fingerprint density at radius 1 is 1.31 bits per heavy atom. The van der Waals surface area contributed by atoms with E-state index in [1.54, 1.807) is 12.5 Å². The highest BCUT2D eigenvalue weighted by Crippen LogP contribution is 2.24. The topological polar surface area (TPSA) is 41.0 Å². The monoisotopic (exact) mass is 220 g/mol. The smallest absolute Gasteiger partial charge is 0.131 e. The van der Waals surface area contributed by atoms with Gasteiger partial charge in [-0.2, -0.15) is 0 Å². The third-order valence-electron chi connectivity index (χ3n) is 3.58. The van der Waals surface area contributed by atoms with Crippen LogP contribution in [-0.2, 0) is 0 Å². The molecule has 0 saturated heterocycles. The molecule has 1 aromatic rings. The van der Waals surface area contributed by atoms with Crippen molar-refractivity contribution < 1.29 is 0 Å². The van der Waals surface area contributed by atoms with Crippen molar-refractivity contribution >= 4 is 5.82 Å². The maximum Gasteiger partial charge on any atom is 0.131 e. The van der Waals surface area contributed by atoms with E-state index in [9.17, 15) is 0 Å². The number of anilines is 1. The van der Waals surface area contributed by atoms with E-state index in [1.807, 2.05) is 6.07 Å². The van der Waals surface area contributed by atoms with Crippen LogP contribution in [0.25, 0.3) is 0 Å².